The maximum atomic E-state index is 8.44. The molecule has 0 fully saturated rings. The second-order valence-corrected chi connectivity index (χ2v) is 3.34. The number of nitrogens with zero attached hydrogens (tertiary/aromatic N) is 3. The Bertz CT molecular complexity index is 273. The molecule has 1 heterocycles. The molecule has 0 aliphatic carbocycles. The van der Waals surface area contributed by atoms with Gasteiger partial charge in [-0.2, -0.15) is 10.4 Å². The van der Waals surface area contributed by atoms with E-state index in [-0.39, 0.29) is 6.04 Å². The Kier molecular flexibility index (Phi) is 4.73. The van der Waals surface area contributed by atoms with Crippen LogP contribution in [0, 0.1) is 11.3 Å². The highest BCUT2D eigenvalue weighted by Gasteiger charge is 1.98. The quantitative estimate of drug-likeness (QED) is 0.688. The van der Waals surface area contributed by atoms with Gasteiger partial charge in [-0.25, -0.2) is 0 Å². The average Bonchev–Trinajstić information content (AvgIpc) is 2.65. The van der Waals surface area contributed by atoms with Gasteiger partial charge in [0.1, 0.15) is 0 Å². The van der Waals surface area contributed by atoms with Crippen LogP contribution in [0.25, 0.3) is 0 Å². The summed E-state index contributed by atoms with van der Waals surface area (Å²) >= 11 is 0. The highest BCUT2D eigenvalue weighted by molar-refractivity contribution is 4.78. The number of aromatic nitrogens is 2. The van der Waals surface area contributed by atoms with Crippen LogP contribution in [0.4, 0.5) is 0 Å². The number of aryl methyl sites for hydroxylation is 1. The summed E-state index contributed by atoms with van der Waals surface area (Å²) in [5.74, 6) is 0. The van der Waals surface area contributed by atoms with Gasteiger partial charge in [-0.1, -0.05) is 0 Å². The molecule has 0 saturated heterocycles. The largest absolute Gasteiger partial charge is 0.313 e. The van der Waals surface area contributed by atoms with Crippen molar-refractivity contribution in [1.82, 2.24) is 15.1 Å². The Morgan fingerprint density at radius 2 is 2.50 bits per heavy atom. The van der Waals surface area contributed by atoms with E-state index < -0.39 is 0 Å². The normalized spacial score (nSPS) is 12.3. The molecular weight excluding hydrogens is 176 g/mol. The van der Waals surface area contributed by atoms with E-state index >= 15 is 0 Å². The number of hydrogen-bond acceptors (Lipinski definition) is 3. The molecule has 4 nitrogen and oxygen atoms in total. The SMILES string of the molecule is CC(CC#N)NCCCn1cccn1. The third-order valence-electron chi connectivity index (χ3n) is 2.01. The maximum Gasteiger partial charge on any atom is 0.0638 e. The van der Waals surface area contributed by atoms with Gasteiger partial charge in [0.2, 0.25) is 0 Å². The first-order valence-corrected chi connectivity index (χ1v) is 4.90. The molecule has 1 unspecified atom stereocenters. The van der Waals surface area contributed by atoms with Crippen LogP contribution in [0.5, 0.6) is 0 Å². The van der Waals surface area contributed by atoms with Gasteiger partial charge in [0.05, 0.1) is 12.5 Å². The Hall–Kier alpha value is -1.34. The van der Waals surface area contributed by atoms with Crippen molar-refractivity contribution in [3.63, 3.8) is 0 Å². The van der Waals surface area contributed by atoms with E-state index in [1.165, 1.54) is 0 Å². The molecule has 0 spiro atoms. The summed E-state index contributed by atoms with van der Waals surface area (Å²) in [6.07, 6.45) is 5.35. The van der Waals surface area contributed by atoms with Crippen molar-refractivity contribution in [2.24, 2.45) is 0 Å². The van der Waals surface area contributed by atoms with Crippen molar-refractivity contribution in [2.45, 2.75) is 32.4 Å². The predicted molar refractivity (Wildman–Crippen MR) is 54.5 cm³/mol. The molecule has 76 valence electrons. The van der Waals surface area contributed by atoms with Gasteiger partial charge >= 0.3 is 0 Å². The molecule has 0 aliphatic heterocycles. The van der Waals surface area contributed by atoms with E-state index in [1.807, 2.05) is 23.9 Å². The lowest BCUT2D eigenvalue weighted by atomic mass is 10.2. The summed E-state index contributed by atoms with van der Waals surface area (Å²) in [6, 6.07) is 4.35. The Balaban J connectivity index is 2.03. The highest BCUT2D eigenvalue weighted by atomic mass is 15.3. The zero-order valence-corrected chi connectivity index (χ0v) is 8.48. The molecule has 1 N–H and O–H groups in total. The molecule has 0 radical (unpaired) electrons. The molecule has 0 saturated carbocycles. The lowest BCUT2D eigenvalue weighted by molar-refractivity contribution is 0.500. The molecule has 0 amide bonds. The van der Waals surface area contributed by atoms with Gasteiger partial charge in [0.25, 0.3) is 0 Å². The van der Waals surface area contributed by atoms with Gasteiger partial charge < -0.3 is 5.32 Å². The lowest BCUT2D eigenvalue weighted by Gasteiger charge is -2.09. The van der Waals surface area contributed by atoms with Gasteiger partial charge in [-0.3, -0.25) is 4.68 Å². The van der Waals surface area contributed by atoms with Crippen LogP contribution >= 0.6 is 0 Å². The third-order valence-corrected chi connectivity index (χ3v) is 2.01. The second kappa shape index (κ2) is 6.17. The maximum absolute atomic E-state index is 8.44. The first-order valence-electron chi connectivity index (χ1n) is 4.90. The number of nitriles is 1. The Morgan fingerprint density at radius 1 is 1.64 bits per heavy atom. The molecule has 0 aromatic carbocycles. The minimum Gasteiger partial charge on any atom is -0.313 e. The van der Waals surface area contributed by atoms with Crippen molar-refractivity contribution in [1.29, 1.82) is 5.26 Å². The molecular formula is C10H16N4. The topological polar surface area (TPSA) is 53.6 Å². The smallest absolute Gasteiger partial charge is 0.0638 e. The molecule has 0 bridgehead atoms. The zero-order valence-electron chi connectivity index (χ0n) is 8.48. The number of rotatable bonds is 6. The minimum atomic E-state index is 0.289. The zero-order chi connectivity index (χ0) is 10.2. The Morgan fingerprint density at radius 3 is 3.14 bits per heavy atom. The van der Waals surface area contributed by atoms with E-state index in [9.17, 15) is 0 Å². The summed E-state index contributed by atoms with van der Waals surface area (Å²) < 4.78 is 1.91. The molecule has 0 aliphatic rings. The highest BCUT2D eigenvalue weighted by Crippen LogP contribution is 1.91. The number of nitrogens with one attached hydrogen (secondary N) is 1. The fourth-order valence-electron chi connectivity index (χ4n) is 1.23. The molecule has 1 rings (SSSR count). The molecule has 4 heteroatoms. The predicted octanol–water partition coefficient (Wildman–Crippen LogP) is 1.16. The molecule has 1 aromatic heterocycles. The van der Waals surface area contributed by atoms with Crippen LogP contribution in [-0.2, 0) is 6.54 Å². The van der Waals surface area contributed by atoms with Crippen LogP contribution in [0.2, 0.25) is 0 Å². The molecule has 1 aromatic rings. The van der Waals surface area contributed by atoms with E-state index in [0.29, 0.717) is 6.42 Å². The summed E-state index contributed by atoms with van der Waals surface area (Å²) in [7, 11) is 0. The van der Waals surface area contributed by atoms with E-state index in [0.717, 1.165) is 19.5 Å². The van der Waals surface area contributed by atoms with Gasteiger partial charge in [0, 0.05) is 25.0 Å². The Labute approximate surface area is 84.5 Å². The van der Waals surface area contributed by atoms with Gasteiger partial charge in [-0.15, -0.1) is 0 Å². The fourth-order valence-corrected chi connectivity index (χ4v) is 1.23. The monoisotopic (exact) mass is 192 g/mol. The van der Waals surface area contributed by atoms with E-state index in [2.05, 4.69) is 16.5 Å². The van der Waals surface area contributed by atoms with Crippen molar-refractivity contribution < 1.29 is 0 Å². The first kappa shape index (κ1) is 10.7. The van der Waals surface area contributed by atoms with Crippen molar-refractivity contribution >= 4 is 0 Å². The lowest BCUT2D eigenvalue weighted by Crippen LogP contribution is -2.27. The van der Waals surface area contributed by atoms with E-state index in [4.69, 9.17) is 5.26 Å². The molecule has 14 heavy (non-hydrogen) atoms. The van der Waals surface area contributed by atoms with Crippen molar-refractivity contribution in [3.8, 4) is 6.07 Å². The van der Waals surface area contributed by atoms with Crippen LogP contribution in [0.3, 0.4) is 0 Å². The first-order chi connectivity index (χ1) is 6.83. The summed E-state index contributed by atoms with van der Waals surface area (Å²) in [6.45, 7) is 3.89. The van der Waals surface area contributed by atoms with Gasteiger partial charge in [0.15, 0.2) is 0 Å². The van der Waals surface area contributed by atoms with Crippen molar-refractivity contribution in [3.05, 3.63) is 18.5 Å². The van der Waals surface area contributed by atoms with Crippen LogP contribution in [0.1, 0.15) is 19.8 Å². The minimum absolute atomic E-state index is 0.289. The standard InChI is InChI=1S/C10H16N4/c1-10(4-5-11)12-6-2-8-14-9-3-7-13-14/h3,7,9-10,12H,2,4,6,8H2,1H3. The fraction of sp³-hybridized carbons (Fsp3) is 0.600. The number of hydrogen-bond donors (Lipinski definition) is 1. The van der Waals surface area contributed by atoms with Crippen LogP contribution < -0.4 is 5.32 Å². The van der Waals surface area contributed by atoms with Crippen molar-refractivity contribution in [2.75, 3.05) is 6.54 Å². The van der Waals surface area contributed by atoms with Crippen LogP contribution in [0.15, 0.2) is 18.5 Å². The summed E-state index contributed by atoms with van der Waals surface area (Å²) in [5, 5.41) is 15.8. The second-order valence-electron chi connectivity index (χ2n) is 3.34. The molecule has 1 atom stereocenters. The van der Waals surface area contributed by atoms with E-state index in [1.54, 1.807) is 6.20 Å². The average molecular weight is 192 g/mol. The van der Waals surface area contributed by atoms with Gasteiger partial charge in [-0.05, 0) is 26.0 Å². The summed E-state index contributed by atoms with van der Waals surface area (Å²) in [4.78, 5) is 0. The van der Waals surface area contributed by atoms with Crippen LogP contribution in [-0.4, -0.2) is 22.4 Å². The summed E-state index contributed by atoms with van der Waals surface area (Å²) in [5.41, 5.74) is 0. The third kappa shape index (κ3) is 4.06.